The Hall–Kier alpha value is -2.02. The van der Waals surface area contributed by atoms with Crippen molar-refractivity contribution < 1.29 is 9.32 Å². The highest BCUT2D eigenvalue weighted by atomic mass is 79.9. The second kappa shape index (κ2) is 6.39. The molecule has 2 heterocycles. The molecule has 2 amide bonds. The molecule has 0 saturated carbocycles. The number of carbonyl (C=O) groups is 1. The summed E-state index contributed by atoms with van der Waals surface area (Å²) in [7, 11) is 0. The third-order valence-corrected chi connectivity index (χ3v) is 4.31. The molecule has 3 rings (SSSR count). The fourth-order valence-corrected chi connectivity index (χ4v) is 2.78. The van der Waals surface area contributed by atoms with Crippen LogP contribution >= 0.6 is 15.9 Å². The van der Waals surface area contributed by atoms with Gasteiger partial charge in [0.1, 0.15) is 5.76 Å². The lowest BCUT2D eigenvalue weighted by molar-refractivity contribution is 0.208. The molecule has 0 aliphatic carbocycles. The van der Waals surface area contributed by atoms with Crippen LogP contribution in [0.4, 0.5) is 16.3 Å². The molecule has 7 heteroatoms. The molecule has 0 bridgehead atoms. The molecule has 1 aliphatic rings. The van der Waals surface area contributed by atoms with E-state index in [9.17, 15) is 4.79 Å². The van der Waals surface area contributed by atoms with Gasteiger partial charge in [0.25, 0.3) is 0 Å². The standard InChI is InChI=1S/C15H17BrN4O2/c1-11-10-14(18-22-11)19-6-8-20(9-7-19)15(21)17-13-5-3-2-4-12(13)16/h2-5,10H,6-9H2,1H3,(H,17,21). The molecule has 1 aromatic carbocycles. The fraction of sp³-hybridized carbons (Fsp3) is 0.333. The summed E-state index contributed by atoms with van der Waals surface area (Å²) in [4.78, 5) is 16.2. The van der Waals surface area contributed by atoms with Gasteiger partial charge in [0, 0.05) is 36.7 Å². The van der Waals surface area contributed by atoms with Gasteiger partial charge in [0.2, 0.25) is 0 Å². The van der Waals surface area contributed by atoms with Crippen molar-refractivity contribution in [1.29, 1.82) is 0 Å². The van der Waals surface area contributed by atoms with E-state index in [-0.39, 0.29) is 6.03 Å². The van der Waals surface area contributed by atoms with Crippen molar-refractivity contribution in [2.24, 2.45) is 0 Å². The zero-order chi connectivity index (χ0) is 15.5. The number of halogens is 1. The fourth-order valence-electron chi connectivity index (χ4n) is 2.40. The number of nitrogens with one attached hydrogen (secondary N) is 1. The predicted molar refractivity (Wildman–Crippen MR) is 88.2 cm³/mol. The van der Waals surface area contributed by atoms with Gasteiger partial charge < -0.3 is 19.6 Å². The first kappa shape index (κ1) is 14.9. The summed E-state index contributed by atoms with van der Waals surface area (Å²) >= 11 is 3.43. The quantitative estimate of drug-likeness (QED) is 0.889. The van der Waals surface area contributed by atoms with E-state index >= 15 is 0 Å². The Morgan fingerprint density at radius 1 is 1.27 bits per heavy atom. The Kier molecular flexibility index (Phi) is 4.33. The Balaban J connectivity index is 1.57. The van der Waals surface area contributed by atoms with Gasteiger partial charge in [-0.05, 0) is 35.0 Å². The van der Waals surface area contributed by atoms with Gasteiger partial charge in [-0.1, -0.05) is 17.3 Å². The number of anilines is 2. The minimum Gasteiger partial charge on any atom is -0.360 e. The number of rotatable bonds is 2. The maximum atomic E-state index is 12.3. The third-order valence-electron chi connectivity index (χ3n) is 3.62. The molecule has 1 N–H and O–H groups in total. The topological polar surface area (TPSA) is 61.6 Å². The van der Waals surface area contributed by atoms with Crippen LogP contribution in [0.15, 0.2) is 39.3 Å². The van der Waals surface area contributed by atoms with Crippen molar-refractivity contribution >= 4 is 33.5 Å². The van der Waals surface area contributed by atoms with Crippen LogP contribution in [-0.4, -0.2) is 42.3 Å². The maximum Gasteiger partial charge on any atom is 0.321 e. The van der Waals surface area contributed by atoms with Gasteiger partial charge in [-0.25, -0.2) is 4.79 Å². The number of carbonyl (C=O) groups excluding carboxylic acids is 1. The maximum absolute atomic E-state index is 12.3. The van der Waals surface area contributed by atoms with E-state index < -0.39 is 0 Å². The SMILES string of the molecule is Cc1cc(N2CCN(C(=O)Nc3ccccc3Br)CC2)no1. The third kappa shape index (κ3) is 3.24. The number of nitrogens with zero attached hydrogens (tertiary/aromatic N) is 3. The van der Waals surface area contributed by atoms with Crippen LogP contribution in [-0.2, 0) is 0 Å². The lowest BCUT2D eigenvalue weighted by Crippen LogP contribution is -2.50. The largest absolute Gasteiger partial charge is 0.360 e. The second-order valence-corrected chi connectivity index (χ2v) is 6.03. The molecular formula is C15H17BrN4O2. The molecule has 1 aromatic heterocycles. The van der Waals surface area contributed by atoms with Crippen molar-refractivity contribution in [3.8, 4) is 0 Å². The Morgan fingerprint density at radius 2 is 2.00 bits per heavy atom. The van der Waals surface area contributed by atoms with Crippen LogP contribution in [0.2, 0.25) is 0 Å². The number of benzene rings is 1. The second-order valence-electron chi connectivity index (χ2n) is 5.18. The van der Waals surface area contributed by atoms with Crippen molar-refractivity contribution in [3.05, 3.63) is 40.6 Å². The number of aryl methyl sites for hydroxylation is 1. The number of hydrogen-bond donors (Lipinski definition) is 1. The molecule has 1 aliphatic heterocycles. The number of aromatic nitrogens is 1. The lowest BCUT2D eigenvalue weighted by Gasteiger charge is -2.34. The number of amides is 2. The van der Waals surface area contributed by atoms with Crippen molar-refractivity contribution in [2.75, 3.05) is 36.4 Å². The summed E-state index contributed by atoms with van der Waals surface area (Å²) in [6.45, 7) is 4.67. The van der Waals surface area contributed by atoms with E-state index in [1.807, 2.05) is 42.2 Å². The van der Waals surface area contributed by atoms with Crippen LogP contribution in [0.25, 0.3) is 0 Å². The molecule has 0 atom stereocenters. The molecule has 1 saturated heterocycles. The van der Waals surface area contributed by atoms with Crippen molar-refractivity contribution in [3.63, 3.8) is 0 Å². The molecule has 1 fully saturated rings. The monoisotopic (exact) mass is 364 g/mol. The highest BCUT2D eigenvalue weighted by Gasteiger charge is 2.23. The normalized spacial score (nSPS) is 15.0. The average molecular weight is 365 g/mol. The zero-order valence-corrected chi connectivity index (χ0v) is 13.8. The van der Waals surface area contributed by atoms with E-state index in [0.29, 0.717) is 13.1 Å². The van der Waals surface area contributed by atoms with Gasteiger partial charge in [0.05, 0.1) is 5.69 Å². The molecule has 0 unspecified atom stereocenters. The van der Waals surface area contributed by atoms with E-state index in [0.717, 1.165) is 34.8 Å². The summed E-state index contributed by atoms with van der Waals surface area (Å²) < 4.78 is 5.97. The first-order valence-corrected chi connectivity index (χ1v) is 7.91. The molecule has 6 nitrogen and oxygen atoms in total. The Morgan fingerprint density at radius 3 is 2.64 bits per heavy atom. The zero-order valence-electron chi connectivity index (χ0n) is 12.3. The Labute approximate surface area is 137 Å². The summed E-state index contributed by atoms with van der Waals surface area (Å²) in [5.74, 6) is 1.63. The van der Waals surface area contributed by atoms with Gasteiger partial charge >= 0.3 is 6.03 Å². The van der Waals surface area contributed by atoms with E-state index in [1.54, 1.807) is 0 Å². The first-order chi connectivity index (χ1) is 10.6. The summed E-state index contributed by atoms with van der Waals surface area (Å²) in [5.41, 5.74) is 0.780. The van der Waals surface area contributed by atoms with Crippen LogP contribution in [0, 0.1) is 6.92 Å². The highest BCUT2D eigenvalue weighted by molar-refractivity contribution is 9.10. The Bertz CT molecular complexity index is 665. The smallest absolute Gasteiger partial charge is 0.321 e. The van der Waals surface area contributed by atoms with Crippen LogP contribution in [0.1, 0.15) is 5.76 Å². The number of urea groups is 1. The molecule has 116 valence electrons. The van der Waals surface area contributed by atoms with Crippen molar-refractivity contribution in [2.45, 2.75) is 6.92 Å². The molecular weight excluding hydrogens is 348 g/mol. The first-order valence-electron chi connectivity index (χ1n) is 7.12. The van der Waals surface area contributed by atoms with E-state index in [2.05, 4.69) is 31.3 Å². The lowest BCUT2D eigenvalue weighted by atomic mass is 10.3. The molecule has 0 spiro atoms. The van der Waals surface area contributed by atoms with Crippen LogP contribution < -0.4 is 10.2 Å². The summed E-state index contributed by atoms with van der Waals surface area (Å²) in [5, 5.41) is 6.94. The van der Waals surface area contributed by atoms with E-state index in [4.69, 9.17) is 4.52 Å². The van der Waals surface area contributed by atoms with Crippen LogP contribution in [0.5, 0.6) is 0 Å². The van der Waals surface area contributed by atoms with Gasteiger partial charge in [-0.2, -0.15) is 0 Å². The van der Waals surface area contributed by atoms with Crippen molar-refractivity contribution in [1.82, 2.24) is 10.1 Å². The van der Waals surface area contributed by atoms with Gasteiger partial charge in [-0.15, -0.1) is 0 Å². The molecule has 2 aromatic rings. The number of hydrogen-bond acceptors (Lipinski definition) is 4. The van der Waals surface area contributed by atoms with E-state index in [1.165, 1.54) is 0 Å². The molecule has 22 heavy (non-hydrogen) atoms. The average Bonchev–Trinajstić information content (AvgIpc) is 2.96. The van der Waals surface area contributed by atoms with Gasteiger partial charge in [-0.3, -0.25) is 0 Å². The number of para-hydroxylation sites is 1. The predicted octanol–water partition coefficient (Wildman–Crippen LogP) is 3.10. The highest BCUT2D eigenvalue weighted by Crippen LogP contribution is 2.22. The number of piperazine rings is 1. The summed E-state index contributed by atoms with van der Waals surface area (Å²) in [6, 6.07) is 9.42. The molecule has 0 radical (unpaired) electrons. The minimum absolute atomic E-state index is 0.0807. The summed E-state index contributed by atoms with van der Waals surface area (Å²) in [6.07, 6.45) is 0. The van der Waals surface area contributed by atoms with Gasteiger partial charge in [0.15, 0.2) is 5.82 Å². The minimum atomic E-state index is -0.0807. The van der Waals surface area contributed by atoms with Crippen LogP contribution in [0.3, 0.4) is 0 Å².